The number of benzene rings is 2. The van der Waals surface area contributed by atoms with Crippen molar-refractivity contribution in [1.29, 1.82) is 0 Å². The molecule has 0 radical (unpaired) electrons. The highest BCUT2D eigenvalue weighted by atomic mass is 16.3. The molecule has 3 nitrogen and oxygen atoms in total. The average Bonchev–Trinajstić information content (AvgIpc) is 2.85. The molecule has 0 fully saturated rings. The number of para-hydroxylation sites is 1. The molecule has 3 rings (SSSR count). The molecule has 0 amide bonds. The molecule has 0 N–H and O–H groups in total. The second-order valence-electron chi connectivity index (χ2n) is 4.15. The van der Waals surface area contributed by atoms with Gasteiger partial charge in [0, 0.05) is 10.9 Å². The van der Waals surface area contributed by atoms with Crippen LogP contribution in [0.4, 0.5) is 0 Å². The monoisotopic (exact) mass is 250 g/mol. The van der Waals surface area contributed by atoms with Crippen molar-refractivity contribution in [3.8, 4) is 0 Å². The molecule has 3 aromatic rings. The van der Waals surface area contributed by atoms with Crippen molar-refractivity contribution in [3.05, 3.63) is 71.5 Å². The molecule has 0 spiro atoms. The Kier molecular flexibility index (Phi) is 2.72. The van der Waals surface area contributed by atoms with Crippen LogP contribution in [0.25, 0.3) is 11.0 Å². The number of hydrogen-bond acceptors (Lipinski definition) is 3. The number of rotatable bonds is 3. The number of furan rings is 1. The molecule has 92 valence electrons. The van der Waals surface area contributed by atoms with Gasteiger partial charge in [-0.2, -0.15) is 0 Å². The van der Waals surface area contributed by atoms with Crippen LogP contribution in [-0.4, -0.2) is 12.1 Å². The first-order chi connectivity index (χ1) is 9.31. The summed E-state index contributed by atoms with van der Waals surface area (Å²) in [4.78, 5) is 23.6. The van der Waals surface area contributed by atoms with Crippen molar-refractivity contribution < 1.29 is 14.0 Å². The van der Waals surface area contributed by atoms with Gasteiger partial charge in [-0.05, 0) is 6.07 Å². The second-order valence-corrected chi connectivity index (χ2v) is 4.15. The Hall–Kier alpha value is -2.68. The fourth-order valence-electron chi connectivity index (χ4n) is 2.07. The lowest BCUT2D eigenvalue weighted by molar-refractivity contribution is 0.100. The van der Waals surface area contributed by atoms with Gasteiger partial charge in [0.15, 0.2) is 12.0 Å². The van der Waals surface area contributed by atoms with E-state index < -0.39 is 0 Å². The Labute approximate surface area is 109 Å². The number of carbonyl (C=O) groups excluding carboxylic acids is 2. The minimum atomic E-state index is -0.279. The van der Waals surface area contributed by atoms with Crippen LogP contribution in [-0.2, 0) is 0 Å². The topological polar surface area (TPSA) is 47.3 Å². The molecule has 1 heterocycles. The quantitative estimate of drug-likeness (QED) is 0.528. The molecular formula is C16H10O3. The smallest absolute Gasteiger partial charge is 0.228 e. The molecule has 0 aliphatic carbocycles. The summed E-state index contributed by atoms with van der Waals surface area (Å²) in [7, 11) is 0. The molecule has 2 aromatic carbocycles. The molecule has 0 aliphatic heterocycles. The highest BCUT2D eigenvalue weighted by Gasteiger charge is 2.20. The van der Waals surface area contributed by atoms with Gasteiger partial charge in [0.1, 0.15) is 5.58 Å². The van der Waals surface area contributed by atoms with Gasteiger partial charge in [-0.3, -0.25) is 9.59 Å². The summed E-state index contributed by atoms with van der Waals surface area (Å²) in [6.45, 7) is 0. The standard InChI is InChI=1S/C16H10O3/c17-10-13-12-8-4-5-9-14(12)19-16(13)15(18)11-6-2-1-3-7-11/h1-10H. The zero-order valence-corrected chi connectivity index (χ0v) is 10.00. The van der Waals surface area contributed by atoms with E-state index in [1.54, 1.807) is 42.5 Å². The normalized spacial score (nSPS) is 10.5. The molecule has 0 atom stereocenters. The Bertz CT molecular complexity index is 754. The van der Waals surface area contributed by atoms with E-state index in [0.717, 1.165) is 0 Å². The maximum Gasteiger partial charge on any atom is 0.228 e. The third kappa shape index (κ3) is 1.85. The maximum atomic E-state index is 12.3. The molecule has 1 aromatic heterocycles. The molecule has 19 heavy (non-hydrogen) atoms. The van der Waals surface area contributed by atoms with Crippen LogP contribution < -0.4 is 0 Å². The van der Waals surface area contributed by atoms with Crippen molar-refractivity contribution in [2.75, 3.05) is 0 Å². The number of aldehydes is 1. The van der Waals surface area contributed by atoms with Crippen molar-refractivity contribution in [2.45, 2.75) is 0 Å². The van der Waals surface area contributed by atoms with Crippen LogP contribution in [0, 0.1) is 0 Å². The first kappa shape index (κ1) is 11.4. The summed E-state index contributed by atoms with van der Waals surface area (Å²) in [5.74, 6) is -0.179. The lowest BCUT2D eigenvalue weighted by Gasteiger charge is -1.97. The van der Waals surface area contributed by atoms with Gasteiger partial charge < -0.3 is 4.42 Å². The molecular weight excluding hydrogens is 240 g/mol. The minimum Gasteiger partial charge on any atom is -0.452 e. The van der Waals surface area contributed by atoms with E-state index in [1.165, 1.54) is 0 Å². The van der Waals surface area contributed by atoms with E-state index >= 15 is 0 Å². The lowest BCUT2D eigenvalue weighted by atomic mass is 10.0. The van der Waals surface area contributed by atoms with Crippen molar-refractivity contribution >= 4 is 23.0 Å². The zero-order valence-electron chi connectivity index (χ0n) is 10.00. The Morgan fingerprint density at radius 2 is 1.63 bits per heavy atom. The molecule has 3 heteroatoms. The van der Waals surface area contributed by atoms with E-state index in [4.69, 9.17) is 4.42 Å². The average molecular weight is 250 g/mol. The van der Waals surface area contributed by atoms with Crippen LogP contribution in [0.3, 0.4) is 0 Å². The fraction of sp³-hybridized carbons (Fsp3) is 0. The molecule has 0 aliphatic rings. The number of ketones is 1. The summed E-state index contributed by atoms with van der Waals surface area (Å²) in [5, 5.41) is 0.664. The summed E-state index contributed by atoms with van der Waals surface area (Å²) in [5.41, 5.74) is 1.36. The summed E-state index contributed by atoms with van der Waals surface area (Å²) >= 11 is 0. The highest BCUT2D eigenvalue weighted by Crippen LogP contribution is 2.26. The van der Waals surface area contributed by atoms with E-state index in [0.29, 0.717) is 28.4 Å². The molecule has 0 saturated heterocycles. The van der Waals surface area contributed by atoms with Crippen molar-refractivity contribution in [3.63, 3.8) is 0 Å². The van der Waals surface area contributed by atoms with Gasteiger partial charge in [-0.15, -0.1) is 0 Å². The Morgan fingerprint density at radius 1 is 0.947 bits per heavy atom. The van der Waals surface area contributed by atoms with Crippen LogP contribution in [0.5, 0.6) is 0 Å². The summed E-state index contributed by atoms with van der Waals surface area (Å²) < 4.78 is 5.53. The number of hydrogen-bond donors (Lipinski definition) is 0. The van der Waals surface area contributed by atoms with Crippen molar-refractivity contribution in [1.82, 2.24) is 0 Å². The predicted molar refractivity (Wildman–Crippen MR) is 71.5 cm³/mol. The van der Waals surface area contributed by atoms with E-state index in [1.807, 2.05) is 12.1 Å². The highest BCUT2D eigenvalue weighted by molar-refractivity contribution is 6.15. The second kappa shape index (κ2) is 4.53. The fourth-order valence-corrected chi connectivity index (χ4v) is 2.07. The number of fused-ring (bicyclic) bond motifs is 1. The van der Waals surface area contributed by atoms with Gasteiger partial charge >= 0.3 is 0 Å². The lowest BCUT2D eigenvalue weighted by Crippen LogP contribution is -2.02. The maximum absolute atomic E-state index is 12.3. The third-order valence-corrected chi connectivity index (χ3v) is 2.99. The van der Waals surface area contributed by atoms with Crippen LogP contribution in [0.15, 0.2) is 59.0 Å². The van der Waals surface area contributed by atoms with Gasteiger partial charge in [0.05, 0.1) is 5.56 Å². The molecule has 0 unspecified atom stereocenters. The zero-order chi connectivity index (χ0) is 13.2. The molecule has 0 bridgehead atoms. The minimum absolute atomic E-state index is 0.0994. The van der Waals surface area contributed by atoms with Crippen molar-refractivity contribution in [2.24, 2.45) is 0 Å². The van der Waals surface area contributed by atoms with E-state index in [-0.39, 0.29) is 11.5 Å². The van der Waals surface area contributed by atoms with Gasteiger partial charge in [-0.1, -0.05) is 48.5 Å². The van der Waals surface area contributed by atoms with Gasteiger partial charge in [0.2, 0.25) is 5.78 Å². The van der Waals surface area contributed by atoms with Gasteiger partial charge in [-0.25, -0.2) is 0 Å². The Balaban J connectivity index is 2.20. The molecule has 0 saturated carbocycles. The first-order valence-electron chi connectivity index (χ1n) is 5.87. The number of carbonyl (C=O) groups is 2. The van der Waals surface area contributed by atoms with Gasteiger partial charge in [0.25, 0.3) is 0 Å². The Morgan fingerprint density at radius 3 is 2.37 bits per heavy atom. The van der Waals surface area contributed by atoms with E-state index in [9.17, 15) is 9.59 Å². The third-order valence-electron chi connectivity index (χ3n) is 2.99. The van der Waals surface area contributed by atoms with Crippen LogP contribution in [0.1, 0.15) is 26.5 Å². The van der Waals surface area contributed by atoms with Crippen LogP contribution >= 0.6 is 0 Å². The largest absolute Gasteiger partial charge is 0.452 e. The summed E-state index contributed by atoms with van der Waals surface area (Å²) in [6, 6.07) is 15.9. The van der Waals surface area contributed by atoms with E-state index in [2.05, 4.69) is 0 Å². The summed E-state index contributed by atoms with van der Waals surface area (Å²) in [6.07, 6.45) is 0.669. The first-order valence-corrected chi connectivity index (χ1v) is 5.87. The van der Waals surface area contributed by atoms with Crippen LogP contribution in [0.2, 0.25) is 0 Å². The predicted octanol–water partition coefficient (Wildman–Crippen LogP) is 3.48. The SMILES string of the molecule is O=Cc1c(C(=O)c2ccccc2)oc2ccccc12.